The van der Waals surface area contributed by atoms with Crippen molar-refractivity contribution in [2.24, 2.45) is 5.92 Å². The summed E-state index contributed by atoms with van der Waals surface area (Å²) >= 11 is 0. The average molecular weight is 326 g/mol. The third-order valence-corrected chi connectivity index (χ3v) is 4.09. The molecule has 1 saturated carbocycles. The summed E-state index contributed by atoms with van der Waals surface area (Å²) in [5.74, 6) is -2.89. The number of urea groups is 1. The lowest BCUT2D eigenvalue weighted by Gasteiger charge is -2.26. The van der Waals surface area contributed by atoms with Crippen LogP contribution in [0.2, 0.25) is 0 Å². The van der Waals surface area contributed by atoms with E-state index in [2.05, 4.69) is 10.6 Å². The zero-order chi connectivity index (χ0) is 16.8. The van der Waals surface area contributed by atoms with Crippen molar-refractivity contribution in [2.45, 2.75) is 38.1 Å². The summed E-state index contributed by atoms with van der Waals surface area (Å²) in [7, 11) is 0. The second kappa shape index (κ2) is 7.89. The molecule has 0 aromatic heterocycles. The minimum Gasteiger partial charge on any atom is -0.481 e. The normalized spacial score (nSPS) is 20.8. The maximum Gasteiger partial charge on any atom is 0.315 e. The largest absolute Gasteiger partial charge is 0.481 e. The van der Waals surface area contributed by atoms with Crippen LogP contribution < -0.4 is 10.6 Å². The number of aliphatic carboxylic acids is 1. The van der Waals surface area contributed by atoms with Crippen molar-refractivity contribution in [1.82, 2.24) is 10.6 Å². The van der Waals surface area contributed by atoms with Gasteiger partial charge >= 0.3 is 12.0 Å². The molecule has 1 fully saturated rings. The molecule has 1 aliphatic rings. The van der Waals surface area contributed by atoms with Gasteiger partial charge in [0.05, 0.1) is 5.92 Å². The first-order chi connectivity index (χ1) is 11.0. The molecule has 0 saturated heterocycles. The van der Waals surface area contributed by atoms with E-state index in [-0.39, 0.29) is 18.0 Å². The van der Waals surface area contributed by atoms with E-state index in [0.29, 0.717) is 44.2 Å². The Kier molecular flexibility index (Phi) is 5.90. The molecule has 2 amide bonds. The highest BCUT2D eigenvalue weighted by molar-refractivity contribution is 5.74. The Morgan fingerprint density at radius 3 is 2.43 bits per heavy atom. The Bertz CT molecular complexity index is 572. The van der Waals surface area contributed by atoms with Gasteiger partial charge in [-0.2, -0.15) is 0 Å². The summed E-state index contributed by atoms with van der Waals surface area (Å²) in [6, 6.07) is 3.30. The van der Waals surface area contributed by atoms with Crippen LogP contribution in [0.25, 0.3) is 0 Å². The highest BCUT2D eigenvalue weighted by Crippen LogP contribution is 2.24. The van der Waals surface area contributed by atoms with Crippen molar-refractivity contribution in [2.75, 3.05) is 6.54 Å². The van der Waals surface area contributed by atoms with Crippen LogP contribution in [0.5, 0.6) is 0 Å². The third kappa shape index (κ3) is 5.19. The Balaban J connectivity index is 1.67. The maximum atomic E-state index is 13.0. The SMILES string of the molecule is O=C(NCCc1ccc(F)c(F)c1)NC1CCC(C(=O)O)CC1. The van der Waals surface area contributed by atoms with E-state index >= 15 is 0 Å². The van der Waals surface area contributed by atoms with E-state index in [1.54, 1.807) is 0 Å². The number of carbonyl (C=O) groups excluding carboxylic acids is 1. The first-order valence-electron chi connectivity index (χ1n) is 7.67. The lowest BCUT2D eigenvalue weighted by atomic mass is 9.86. The molecule has 1 aromatic carbocycles. The van der Waals surface area contributed by atoms with Gasteiger partial charge in [0.25, 0.3) is 0 Å². The summed E-state index contributed by atoms with van der Waals surface area (Å²) in [5, 5.41) is 14.4. The van der Waals surface area contributed by atoms with Gasteiger partial charge in [0.1, 0.15) is 0 Å². The second-order valence-corrected chi connectivity index (χ2v) is 5.79. The number of hydrogen-bond acceptors (Lipinski definition) is 2. The molecule has 0 atom stereocenters. The summed E-state index contributed by atoms with van der Waals surface area (Å²) in [5.41, 5.74) is 0.603. The number of halogens is 2. The monoisotopic (exact) mass is 326 g/mol. The fourth-order valence-electron chi connectivity index (χ4n) is 2.74. The Morgan fingerprint density at radius 2 is 1.83 bits per heavy atom. The van der Waals surface area contributed by atoms with Gasteiger partial charge in [0.2, 0.25) is 0 Å². The number of carboxylic acids is 1. The minimum atomic E-state index is -0.901. The average Bonchev–Trinajstić information content (AvgIpc) is 2.51. The topological polar surface area (TPSA) is 78.4 Å². The van der Waals surface area contributed by atoms with E-state index in [0.717, 1.165) is 12.1 Å². The van der Waals surface area contributed by atoms with Crippen LogP contribution in [0.1, 0.15) is 31.2 Å². The number of hydrogen-bond donors (Lipinski definition) is 3. The van der Waals surface area contributed by atoms with Crippen molar-refractivity contribution >= 4 is 12.0 Å². The molecule has 0 heterocycles. The van der Waals surface area contributed by atoms with Crippen LogP contribution in [-0.2, 0) is 11.2 Å². The van der Waals surface area contributed by atoms with Gasteiger partial charge in [-0.1, -0.05) is 6.07 Å². The first kappa shape index (κ1) is 17.2. The first-order valence-corrected chi connectivity index (χ1v) is 7.67. The molecule has 7 heteroatoms. The van der Waals surface area contributed by atoms with Crippen LogP contribution in [0, 0.1) is 17.6 Å². The lowest BCUT2D eigenvalue weighted by Crippen LogP contribution is -2.44. The van der Waals surface area contributed by atoms with Crippen molar-refractivity contribution in [3.8, 4) is 0 Å². The van der Waals surface area contributed by atoms with Crippen LogP contribution in [0.3, 0.4) is 0 Å². The molecule has 0 unspecified atom stereocenters. The molecule has 2 rings (SSSR count). The predicted octanol–water partition coefficient (Wildman–Crippen LogP) is 2.45. The Labute approximate surface area is 133 Å². The number of rotatable bonds is 5. The molecule has 0 radical (unpaired) electrons. The fraction of sp³-hybridized carbons (Fsp3) is 0.500. The molecule has 5 nitrogen and oxygen atoms in total. The van der Waals surface area contributed by atoms with Crippen molar-refractivity contribution in [1.29, 1.82) is 0 Å². The van der Waals surface area contributed by atoms with Gasteiger partial charge in [-0.25, -0.2) is 13.6 Å². The van der Waals surface area contributed by atoms with Crippen molar-refractivity contribution in [3.63, 3.8) is 0 Å². The predicted molar refractivity (Wildman–Crippen MR) is 80.0 cm³/mol. The number of benzene rings is 1. The number of nitrogens with one attached hydrogen (secondary N) is 2. The van der Waals surface area contributed by atoms with Crippen LogP contribution >= 0.6 is 0 Å². The van der Waals surface area contributed by atoms with Crippen LogP contribution in [0.15, 0.2) is 18.2 Å². The molecular weight excluding hydrogens is 306 g/mol. The van der Waals surface area contributed by atoms with Gasteiger partial charge in [-0.3, -0.25) is 4.79 Å². The minimum absolute atomic E-state index is 0.0196. The van der Waals surface area contributed by atoms with E-state index in [9.17, 15) is 18.4 Å². The standard InChI is InChI=1S/C16H20F2N2O3/c17-13-6-1-10(9-14(13)18)7-8-19-16(23)20-12-4-2-11(3-5-12)15(21)22/h1,6,9,11-12H,2-5,7-8H2,(H,21,22)(H2,19,20,23). The van der Waals surface area contributed by atoms with Gasteiger partial charge < -0.3 is 15.7 Å². The van der Waals surface area contributed by atoms with Crippen LogP contribution in [0.4, 0.5) is 13.6 Å². The molecule has 23 heavy (non-hydrogen) atoms. The van der Waals surface area contributed by atoms with E-state index in [1.165, 1.54) is 6.07 Å². The number of amides is 2. The summed E-state index contributed by atoms with van der Waals surface area (Å²) < 4.78 is 25.8. The van der Waals surface area contributed by atoms with Gasteiger partial charge in [-0.05, 0) is 49.8 Å². The number of carbonyl (C=O) groups is 2. The van der Waals surface area contributed by atoms with E-state index in [4.69, 9.17) is 5.11 Å². The Hall–Kier alpha value is -2.18. The lowest BCUT2D eigenvalue weighted by molar-refractivity contribution is -0.142. The summed E-state index contributed by atoms with van der Waals surface area (Å²) in [6.07, 6.45) is 2.82. The Morgan fingerprint density at radius 1 is 1.13 bits per heavy atom. The summed E-state index contributed by atoms with van der Waals surface area (Å²) in [4.78, 5) is 22.6. The van der Waals surface area contributed by atoms with Crippen molar-refractivity contribution < 1.29 is 23.5 Å². The quantitative estimate of drug-likeness (QED) is 0.778. The fourth-order valence-corrected chi connectivity index (χ4v) is 2.74. The number of carboxylic acid groups (broad SMARTS) is 1. The molecule has 0 spiro atoms. The highest BCUT2D eigenvalue weighted by Gasteiger charge is 2.26. The molecular formula is C16H20F2N2O3. The molecule has 0 bridgehead atoms. The molecule has 3 N–H and O–H groups in total. The molecule has 126 valence electrons. The van der Waals surface area contributed by atoms with Gasteiger partial charge in [-0.15, -0.1) is 0 Å². The zero-order valence-electron chi connectivity index (χ0n) is 12.6. The molecule has 1 aromatic rings. The summed E-state index contributed by atoms with van der Waals surface area (Å²) in [6.45, 7) is 0.307. The zero-order valence-corrected chi connectivity index (χ0v) is 12.6. The molecule has 0 aliphatic heterocycles. The second-order valence-electron chi connectivity index (χ2n) is 5.79. The van der Waals surface area contributed by atoms with Crippen LogP contribution in [-0.4, -0.2) is 29.7 Å². The highest BCUT2D eigenvalue weighted by atomic mass is 19.2. The van der Waals surface area contributed by atoms with Crippen molar-refractivity contribution in [3.05, 3.63) is 35.4 Å². The smallest absolute Gasteiger partial charge is 0.315 e. The van der Waals surface area contributed by atoms with Gasteiger partial charge in [0, 0.05) is 12.6 Å². The van der Waals surface area contributed by atoms with E-state index in [1.807, 2.05) is 0 Å². The maximum absolute atomic E-state index is 13.0. The molecule has 1 aliphatic carbocycles. The third-order valence-electron chi connectivity index (χ3n) is 4.09. The van der Waals surface area contributed by atoms with E-state index < -0.39 is 17.6 Å². The van der Waals surface area contributed by atoms with Gasteiger partial charge in [0.15, 0.2) is 11.6 Å².